The molecule has 1 aromatic heterocycles. The molecule has 2 aromatic carbocycles. The fourth-order valence-electron chi connectivity index (χ4n) is 3.67. The van der Waals surface area contributed by atoms with Crippen LogP contribution in [0.1, 0.15) is 38.2 Å². The summed E-state index contributed by atoms with van der Waals surface area (Å²) in [4.78, 5) is 3.16. The monoisotopic (exact) mass is 376 g/mol. The maximum Gasteiger partial charge on any atom is 0.150 e. The van der Waals surface area contributed by atoms with E-state index in [0.717, 1.165) is 35.7 Å². The van der Waals surface area contributed by atoms with Crippen LogP contribution in [0.2, 0.25) is 5.02 Å². The first kappa shape index (κ1) is 18.9. The predicted molar refractivity (Wildman–Crippen MR) is 105 cm³/mol. The van der Waals surface area contributed by atoms with Gasteiger partial charge < -0.3 is 10.7 Å². The minimum atomic E-state index is -0.568. The Balaban J connectivity index is 0.000000948. The second-order valence-electron chi connectivity index (χ2n) is 6.50. The molecule has 138 valence electrons. The van der Waals surface area contributed by atoms with E-state index >= 15 is 0 Å². The molecule has 0 amide bonds. The van der Waals surface area contributed by atoms with Crippen molar-refractivity contribution in [1.82, 2.24) is 4.98 Å². The molecule has 1 heterocycles. The van der Waals surface area contributed by atoms with Gasteiger partial charge in [0.2, 0.25) is 0 Å². The number of aromatic nitrogens is 1. The molecular weight excluding hydrogens is 354 g/mol. The Bertz CT molecular complexity index is 897. The van der Waals surface area contributed by atoms with Crippen molar-refractivity contribution >= 4 is 22.5 Å². The molecule has 0 aliphatic heterocycles. The summed E-state index contributed by atoms with van der Waals surface area (Å²) in [6, 6.07) is 9.71. The molecule has 4 rings (SSSR count). The van der Waals surface area contributed by atoms with Gasteiger partial charge in [0.1, 0.15) is 11.6 Å². The first-order valence-electron chi connectivity index (χ1n) is 9.03. The van der Waals surface area contributed by atoms with Crippen LogP contribution in [0.4, 0.5) is 8.78 Å². The van der Waals surface area contributed by atoms with Crippen molar-refractivity contribution in [2.24, 2.45) is 11.7 Å². The van der Waals surface area contributed by atoms with Crippen LogP contribution in [0.3, 0.4) is 0 Å². The number of aromatic amines is 1. The van der Waals surface area contributed by atoms with Crippen molar-refractivity contribution in [1.29, 1.82) is 0 Å². The highest BCUT2D eigenvalue weighted by Crippen LogP contribution is 2.48. The summed E-state index contributed by atoms with van der Waals surface area (Å²) in [6.07, 6.45) is 1.89. The Morgan fingerprint density at radius 1 is 1.12 bits per heavy atom. The van der Waals surface area contributed by atoms with E-state index in [1.54, 1.807) is 12.1 Å². The summed E-state index contributed by atoms with van der Waals surface area (Å²) in [5.41, 5.74) is 8.83. The number of hydrogen-bond donors (Lipinski definition) is 2. The first-order valence-corrected chi connectivity index (χ1v) is 9.41. The van der Waals surface area contributed by atoms with E-state index in [1.165, 1.54) is 6.07 Å². The number of nitrogens with one attached hydrogen (secondary N) is 1. The smallest absolute Gasteiger partial charge is 0.150 e. The fourth-order valence-corrected chi connectivity index (χ4v) is 3.80. The third-order valence-electron chi connectivity index (χ3n) is 4.97. The lowest BCUT2D eigenvalue weighted by Crippen LogP contribution is -2.28. The number of hydrogen-bond acceptors (Lipinski definition) is 1. The Labute approximate surface area is 157 Å². The molecule has 0 atom stereocenters. The zero-order valence-corrected chi connectivity index (χ0v) is 15.7. The van der Waals surface area contributed by atoms with Crippen molar-refractivity contribution in [3.05, 3.63) is 58.6 Å². The number of halogens is 3. The van der Waals surface area contributed by atoms with Crippen molar-refractivity contribution in [3.8, 4) is 11.3 Å². The average molecular weight is 377 g/mol. The van der Waals surface area contributed by atoms with Crippen LogP contribution in [-0.2, 0) is 0 Å². The van der Waals surface area contributed by atoms with Gasteiger partial charge in [0.15, 0.2) is 0 Å². The molecular formula is C21H23ClF2N2. The van der Waals surface area contributed by atoms with Gasteiger partial charge in [0, 0.05) is 16.5 Å². The maximum absolute atomic E-state index is 14.2. The number of rotatable bonds is 3. The predicted octanol–water partition coefficient (Wildman–Crippen LogP) is 6.25. The molecule has 1 aliphatic rings. The molecule has 5 heteroatoms. The lowest BCUT2D eigenvalue weighted by molar-refractivity contribution is 0.274. The van der Waals surface area contributed by atoms with Gasteiger partial charge in [-0.2, -0.15) is 0 Å². The number of nitrogens with two attached hydrogens (primary N) is 1. The summed E-state index contributed by atoms with van der Waals surface area (Å²) in [5, 5.41) is 1.26. The van der Waals surface area contributed by atoms with Crippen LogP contribution < -0.4 is 5.73 Å². The Morgan fingerprint density at radius 2 is 1.77 bits per heavy atom. The van der Waals surface area contributed by atoms with Crippen LogP contribution in [-0.4, -0.2) is 11.5 Å². The molecule has 1 saturated carbocycles. The summed E-state index contributed by atoms with van der Waals surface area (Å²) in [7, 11) is 0. The second-order valence-corrected chi connectivity index (χ2v) is 6.94. The highest BCUT2D eigenvalue weighted by molar-refractivity contribution is 6.30. The van der Waals surface area contributed by atoms with Gasteiger partial charge >= 0.3 is 0 Å². The third kappa shape index (κ3) is 3.36. The normalized spacial score (nSPS) is 19.0. The van der Waals surface area contributed by atoms with Crippen LogP contribution in [0.5, 0.6) is 0 Å². The molecule has 0 saturated heterocycles. The van der Waals surface area contributed by atoms with Gasteiger partial charge in [0.05, 0.1) is 11.2 Å². The van der Waals surface area contributed by atoms with E-state index in [4.69, 9.17) is 17.3 Å². The molecule has 0 radical (unpaired) electrons. The molecule has 0 bridgehead atoms. The SMILES string of the molecule is CC.NCC1CC(c2c(-c3ccc(Cl)cc3)[nH]c3c(F)cc(F)cc23)C1. The van der Waals surface area contributed by atoms with Crippen LogP contribution in [0.15, 0.2) is 36.4 Å². The van der Waals surface area contributed by atoms with Crippen molar-refractivity contribution < 1.29 is 8.78 Å². The van der Waals surface area contributed by atoms with Crippen molar-refractivity contribution in [2.75, 3.05) is 6.54 Å². The van der Waals surface area contributed by atoms with Crippen LogP contribution >= 0.6 is 11.6 Å². The highest BCUT2D eigenvalue weighted by Gasteiger charge is 2.33. The zero-order valence-electron chi connectivity index (χ0n) is 15.0. The molecule has 1 fully saturated rings. The number of benzene rings is 2. The zero-order chi connectivity index (χ0) is 18.8. The van der Waals surface area contributed by atoms with Gasteiger partial charge in [-0.15, -0.1) is 0 Å². The van der Waals surface area contributed by atoms with Gasteiger partial charge in [0.25, 0.3) is 0 Å². The lowest BCUT2D eigenvalue weighted by atomic mass is 9.70. The average Bonchev–Trinajstić information content (AvgIpc) is 2.96. The lowest BCUT2D eigenvalue weighted by Gasteiger charge is -2.35. The summed E-state index contributed by atoms with van der Waals surface area (Å²) < 4.78 is 28.0. The van der Waals surface area contributed by atoms with E-state index < -0.39 is 11.6 Å². The van der Waals surface area contributed by atoms with E-state index in [9.17, 15) is 8.78 Å². The quantitative estimate of drug-likeness (QED) is 0.557. The van der Waals surface area contributed by atoms with E-state index in [2.05, 4.69) is 4.98 Å². The maximum atomic E-state index is 14.2. The van der Waals surface area contributed by atoms with Gasteiger partial charge in [-0.1, -0.05) is 37.6 Å². The third-order valence-corrected chi connectivity index (χ3v) is 5.23. The van der Waals surface area contributed by atoms with E-state index in [0.29, 0.717) is 28.4 Å². The van der Waals surface area contributed by atoms with Gasteiger partial charge in [-0.25, -0.2) is 8.78 Å². The molecule has 0 unspecified atom stereocenters. The summed E-state index contributed by atoms with van der Waals surface area (Å²) in [6.45, 7) is 4.65. The Kier molecular flexibility index (Phi) is 5.64. The van der Waals surface area contributed by atoms with Crippen LogP contribution in [0.25, 0.3) is 22.2 Å². The first-order chi connectivity index (χ1) is 12.6. The number of fused-ring (bicyclic) bond motifs is 1. The van der Waals surface area contributed by atoms with Gasteiger partial charge in [-0.05, 0) is 60.5 Å². The van der Waals surface area contributed by atoms with Crippen LogP contribution in [0, 0.1) is 17.6 Å². The summed E-state index contributed by atoms with van der Waals surface area (Å²) in [5.74, 6) is -0.380. The highest BCUT2D eigenvalue weighted by atomic mass is 35.5. The molecule has 0 spiro atoms. The topological polar surface area (TPSA) is 41.8 Å². The second kappa shape index (κ2) is 7.77. The number of H-pyrrole nitrogens is 1. The minimum absolute atomic E-state index is 0.263. The standard InChI is InChI=1S/C19H17ClF2N2.C2H6/c20-13-3-1-11(2-4-13)18-17(12-5-10(6-12)9-23)15-7-14(21)8-16(22)19(15)24-18;1-2/h1-4,7-8,10,12,24H,5-6,9,23H2;1-2H3. The molecule has 3 aromatic rings. The molecule has 1 aliphatic carbocycles. The van der Waals surface area contributed by atoms with Crippen molar-refractivity contribution in [3.63, 3.8) is 0 Å². The Morgan fingerprint density at radius 3 is 2.38 bits per heavy atom. The molecule has 2 nitrogen and oxygen atoms in total. The van der Waals surface area contributed by atoms with E-state index in [1.807, 2.05) is 26.0 Å². The largest absolute Gasteiger partial charge is 0.352 e. The van der Waals surface area contributed by atoms with Gasteiger partial charge in [-0.3, -0.25) is 0 Å². The summed E-state index contributed by atoms with van der Waals surface area (Å²) >= 11 is 5.97. The Hall–Kier alpha value is -1.91. The minimum Gasteiger partial charge on any atom is -0.352 e. The molecule has 3 N–H and O–H groups in total. The van der Waals surface area contributed by atoms with Crippen molar-refractivity contribution in [2.45, 2.75) is 32.6 Å². The van der Waals surface area contributed by atoms with E-state index in [-0.39, 0.29) is 5.92 Å². The fraction of sp³-hybridized carbons (Fsp3) is 0.333. The molecule has 26 heavy (non-hydrogen) atoms.